The first-order chi connectivity index (χ1) is 9.81. The van der Waals surface area contributed by atoms with E-state index in [0.717, 1.165) is 17.1 Å². The lowest BCUT2D eigenvalue weighted by Gasteiger charge is -2.06. The van der Waals surface area contributed by atoms with Gasteiger partial charge in [-0.2, -0.15) is 0 Å². The highest BCUT2D eigenvalue weighted by Crippen LogP contribution is 2.16. The molecule has 20 heavy (non-hydrogen) atoms. The van der Waals surface area contributed by atoms with Crippen molar-refractivity contribution in [2.24, 2.45) is 0 Å². The number of nitrogens with one attached hydrogen (secondary N) is 1. The lowest BCUT2D eigenvalue weighted by molar-refractivity contribution is 0.276. The second kappa shape index (κ2) is 7.49. The highest BCUT2D eigenvalue weighted by atomic mass is 16.5. The van der Waals surface area contributed by atoms with Crippen molar-refractivity contribution < 1.29 is 9.84 Å². The van der Waals surface area contributed by atoms with Crippen molar-refractivity contribution in [3.8, 4) is 5.75 Å². The van der Waals surface area contributed by atoms with Gasteiger partial charge in [-0.15, -0.1) is 5.10 Å². The Labute approximate surface area is 118 Å². The molecule has 0 saturated carbocycles. The van der Waals surface area contributed by atoms with E-state index in [1.54, 1.807) is 4.68 Å². The summed E-state index contributed by atoms with van der Waals surface area (Å²) in [5.74, 6) is 0.869. The van der Waals surface area contributed by atoms with E-state index in [0.29, 0.717) is 26.1 Å². The van der Waals surface area contributed by atoms with Crippen LogP contribution in [0.25, 0.3) is 0 Å². The van der Waals surface area contributed by atoms with Crippen LogP contribution in [0, 0.1) is 0 Å². The molecule has 0 unspecified atom stereocenters. The molecular weight excluding hydrogens is 256 g/mol. The zero-order chi connectivity index (χ0) is 14.2. The topological polar surface area (TPSA) is 72.2 Å². The van der Waals surface area contributed by atoms with E-state index in [4.69, 9.17) is 9.84 Å². The summed E-state index contributed by atoms with van der Waals surface area (Å²) in [4.78, 5) is 0. The molecule has 0 bridgehead atoms. The van der Waals surface area contributed by atoms with Crippen molar-refractivity contribution in [3.05, 3.63) is 36.2 Å². The van der Waals surface area contributed by atoms with Crippen LogP contribution in [0.1, 0.15) is 19.0 Å². The summed E-state index contributed by atoms with van der Waals surface area (Å²) in [5.41, 5.74) is 1.88. The van der Waals surface area contributed by atoms with Crippen LogP contribution in [0.5, 0.6) is 5.75 Å². The van der Waals surface area contributed by atoms with E-state index in [2.05, 4.69) is 15.6 Å². The standard InChI is InChI=1S/C14H20N4O2/c1-2-20-14-6-4-12(5-7-14)15-10-13-11-18(17-16-13)8-3-9-19/h4-7,11,15,19H,2-3,8-10H2,1H3. The molecule has 0 spiro atoms. The van der Waals surface area contributed by atoms with Crippen LogP contribution in [-0.2, 0) is 13.1 Å². The van der Waals surface area contributed by atoms with E-state index in [-0.39, 0.29) is 6.61 Å². The van der Waals surface area contributed by atoms with Crippen LogP contribution >= 0.6 is 0 Å². The van der Waals surface area contributed by atoms with Gasteiger partial charge in [0.2, 0.25) is 0 Å². The number of hydrogen-bond donors (Lipinski definition) is 2. The maximum atomic E-state index is 8.76. The number of ether oxygens (including phenoxy) is 1. The molecule has 2 rings (SSSR count). The number of hydrogen-bond acceptors (Lipinski definition) is 5. The van der Waals surface area contributed by atoms with E-state index in [1.165, 1.54) is 0 Å². The Hall–Kier alpha value is -2.08. The number of rotatable bonds is 8. The van der Waals surface area contributed by atoms with Crippen molar-refractivity contribution in [1.29, 1.82) is 0 Å². The van der Waals surface area contributed by atoms with E-state index >= 15 is 0 Å². The summed E-state index contributed by atoms with van der Waals surface area (Å²) in [6.07, 6.45) is 2.58. The first kappa shape index (κ1) is 14.3. The summed E-state index contributed by atoms with van der Waals surface area (Å²) < 4.78 is 7.13. The number of aryl methyl sites for hydroxylation is 1. The Kier molecular flexibility index (Phi) is 5.37. The highest BCUT2D eigenvalue weighted by molar-refractivity contribution is 5.46. The van der Waals surface area contributed by atoms with E-state index < -0.39 is 0 Å². The van der Waals surface area contributed by atoms with Gasteiger partial charge in [0, 0.05) is 18.8 Å². The number of anilines is 1. The minimum Gasteiger partial charge on any atom is -0.494 e. The molecule has 108 valence electrons. The third kappa shape index (κ3) is 4.24. The normalized spacial score (nSPS) is 10.5. The van der Waals surface area contributed by atoms with Gasteiger partial charge in [-0.1, -0.05) is 5.21 Å². The molecule has 1 heterocycles. The monoisotopic (exact) mass is 276 g/mol. The lowest BCUT2D eigenvalue weighted by atomic mass is 10.3. The fourth-order valence-electron chi connectivity index (χ4n) is 1.79. The van der Waals surface area contributed by atoms with Gasteiger partial charge in [0.1, 0.15) is 11.4 Å². The minimum atomic E-state index is 0.166. The van der Waals surface area contributed by atoms with Gasteiger partial charge < -0.3 is 15.2 Å². The maximum absolute atomic E-state index is 8.76. The van der Waals surface area contributed by atoms with Crippen molar-refractivity contribution in [3.63, 3.8) is 0 Å². The second-order valence-corrected chi connectivity index (χ2v) is 4.36. The highest BCUT2D eigenvalue weighted by Gasteiger charge is 2.01. The number of nitrogens with zero attached hydrogens (tertiary/aromatic N) is 3. The third-order valence-corrected chi connectivity index (χ3v) is 2.77. The molecule has 2 aromatic rings. The van der Waals surface area contributed by atoms with Crippen molar-refractivity contribution in [2.45, 2.75) is 26.4 Å². The number of aromatic nitrogens is 3. The average Bonchev–Trinajstić information content (AvgIpc) is 2.93. The van der Waals surface area contributed by atoms with Crippen molar-refractivity contribution in [2.75, 3.05) is 18.5 Å². The molecule has 0 aliphatic rings. The van der Waals surface area contributed by atoms with Crippen molar-refractivity contribution >= 4 is 5.69 Å². The smallest absolute Gasteiger partial charge is 0.119 e. The second-order valence-electron chi connectivity index (χ2n) is 4.36. The summed E-state index contributed by atoms with van der Waals surface area (Å²) in [6, 6.07) is 7.82. The van der Waals surface area contributed by atoms with E-state index in [9.17, 15) is 0 Å². The van der Waals surface area contributed by atoms with Gasteiger partial charge in [-0.25, -0.2) is 0 Å². The SMILES string of the molecule is CCOc1ccc(NCc2cn(CCCO)nn2)cc1. The number of aliphatic hydroxyl groups is 1. The van der Waals surface area contributed by atoms with Gasteiger partial charge >= 0.3 is 0 Å². The summed E-state index contributed by atoms with van der Waals surface area (Å²) >= 11 is 0. The Morgan fingerprint density at radius 2 is 2.10 bits per heavy atom. The average molecular weight is 276 g/mol. The molecule has 6 heteroatoms. The molecule has 6 nitrogen and oxygen atoms in total. The number of benzene rings is 1. The third-order valence-electron chi connectivity index (χ3n) is 2.77. The molecule has 0 aliphatic heterocycles. The fourth-order valence-corrected chi connectivity index (χ4v) is 1.79. The van der Waals surface area contributed by atoms with Gasteiger partial charge in [0.15, 0.2) is 0 Å². The number of aliphatic hydroxyl groups excluding tert-OH is 1. The summed E-state index contributed by atoms with van der Waals surface area (Å²) in [7, 11) is 0. The zero-order valence-electron chi connectivity index (χ0n) is 11.6. The summed E-state index contributed by atoms with van der Waals surface area (Å²) in [5, 5.41) is 20.1. The molecule has 1 aromatic heterocycles. The molecule has 0 amide bonds. The van der Waals surface area contributed by atoms with Crippen LogP contribution < -0.4 is 10.1 Å². The molecule has 0 fully saturated rings. The lowest BCUT2D eigenvalue weighted by Crippen LogP contribution is -2.01. The van der Waals surface area contributed by atoms with Crippen LogP contribution in [0.4, 0.5) is 5.69 Å². The van der Waals surface area contributed by atoms with E-state index in [1.807, 2.05) is 37.4 Å². The Bertz CT molecular complexity index is 510. The molecule has 0 radical (unpaired) electrons. The maximum Gasteiger partial charge on any atom is 0.119 e. The van der Waals surface area contributed by atoms with Crippen LogP contribution in [0.15, 0.2) is 30.5 Å². The van der Waals surface area contributed by atoms with Crippen LogP contribution in [0.3, 0.4) is 0 Å². The largest absolute Gasteiger partial charge is 0.494 e. The molecule has 0 saturated heterocycles. The zero-order valence-corrected chi connectivity index (χ0v) is 11.6. The summed E-state index contributed by atoms with van der Waals surface area (Å²) in [6.45, 7) is 4.11. The van der Waals surface area contributed by atoms with Gasteiger partial charge in [0.05, 0.1) is 19.3 Å². The molecule has 1 aromatic carbocycles. The quantitative estimate of drug-likeness (QED) is 0.767. The van der Waals surface area contributed by atoms with Crippen LogP contribution in [0.2, 0.25) is 0 Å². The Morgan fingerprint density at radius 1 is 1.30 bits per heavy atom. The minimum absolute atomic E-state index is 0.166. The predicted octanol–water partition coefficient (Wildman–Crippen LogP) is 1.67. The fraction of sp³-hybridized carbons (Fsp3) is 0.429. The molecule has 0 atom stereocenters. The Balaban J connectivity index is 1.83. The van der Waals surface area contributed by atoms with Crippen molar-refractivity contribution in [1.82, 2.24) is 15.0 Å². The van der Waals surface area contributed by atoms with Gasteiger partial charge in [-0.3, -0.25) is 4.68 Å². The molecular formula is C14H20N4O2. The predicted molar refractivity (Wildman–Crippen MR) is 76.7 cm³/mol. The van der Waals surface area contributed by atoms with Gasteiger partial charge in [-0.05, 0) is 37.6 Å². The Morgan fingerprint density at radius 3 is 2.80 bits per heavy atom. The first-order valence-electron chi connectivity index (χ1n) is 6.78. The molecule has 2 N–H and O–H groups in total. The van der Waals surface area contributed by atoms with Gasteiger partial charge in [0.25, 0.3) is 0 Å². The first-order valence-corrected chi connectivity index (χ1v) is 6.78. The molecule has 0 aliphatic carbocycles. The van der Waals surface area contributed by atoms with Crippen LogP contribution in [-0.4, -0.2) is 33.3 Å².